The smallest absolute Gasteiger partial charge is 0.185 e. The first-order chi connectivity index (χ1) is 7.49. The first kappa shape index (κ1) is 13.5. The molecule has 3 nitrogen and oxygen atoms in total. The van der Waals surface area contributed by atoms with E-state index in [1.165, 1.54) is 4.88 Å². The average molecular weight is 241 g/mol. The highest BCUT2D eigenvalue weighted by atomic mass is 32.1. The fraction of sp³-hybridized carbons (Fsp3) is 0.750. The summed E-state index contributed by atoms with van der Waals surface area (Å²) in [5.74, 6) is 0.672. The van der Waals surface area contributed by atoms with E-state index in [-0.39, 0.29) is 0 Å². The third-order valence-corrected chi connectivity index (χ3v) is 3.30. The lowest BCUT2D eigenvalue weighted by Crippen LogP contribution is -2.22. The molecule has 0 fully saturated rings. The zero-order chi connectivity index (χ0) is 12.1. The second-order valence-electron chi connectivity index (χ2n) is 4.92. The highest BCUT2D eigenvalue weighted by Gasteiger charge is 2.08. The van der Waals surface area contributed by atoms with Crippen LogP contribution in [0.1, 0.15) is 32.6 Å². The van der Waals surface area contributed by atoms with Crippen LogP contribution in [-0.2, 0) is 6.54 Å². The minimum absolute atomic E-state index is 0.527. The summed E-state index contributed by atoms with van der Waals surface area (Å²) in [5, 5.41) is 4.53. The first-order valence-electron chi connectivity index (χ1n) is 5.88. The van der Waals surface area contributed by atoms with Crippen LogP contribution < -0.4 is 10.2 Å². The monoisotopic (exact) mass is 241 g/mol. The van der Waals surface area contributed by atoms with Crippen molar-refractivity contribution < 1.29 is 0 Å². The van der Waals surface area contributed by atoms with Gasteiger partial charge in [0.15, 0.2) is 5.13 Å². The van der Waals surface area contributed by atoms with Crippen molar-refractivity contribution in [3.05, 3.63) is 11.1 Å². The quantitative estimate of drug-likeness (QED) is 0.830. The minimum Gasteiger partial charge on any atom is -0.351 e. The lowest BCUT2D eigenvalue weighted by Gasteiger charge is -2.17. The predicted octanol–water partition coefficient (Wildman–Crippen LogP) is 2.73. The molecule has 0 aliphatic rings. The molecule has 0 bridgehead atoms. The predicted molar refractivity (Wildman–Crippen MR) is 72.2 cm³/mol. The summed E-state index contributed by atoms with van der Waals surface area (Å²) < 4.78 is 0. The van der Waals surface area contributed by atoms with Crippen molar-refractivity contribution in [1.82, 2.24) is 10.3 Å². The van der Waals surface area contributed by atoms with Gasteiger partial charge in [0.05, 0.1) is 0 Å². The van der Waals surface area contributed by atoms with Gasteiger partial charge < -0.3 is 10.2 Å². The van der Waals surface area contributed by atoms with Gasteiger partial charge in [-0.3, -0.25) is 0 Å². The molecular formula is C12H23N3S. The van der Waals surface area contributed by atoms with Crippen molar-refractivity contribution in [3.8, 4) is 0 Å². The Morgan fingerprint density at radius 2 is 2.06 bits per heavy atom. The van der Waals surface area contributed by atoms with Gasteiger partial charge in [-0.25, -0.2) is 4.98 Å². The number of hydrogen-bond donors (Lipinski definition) is 1. The molecule has 0 radical (unpaired) electrons. The van der Waals surface area contributed by atoms with E-state index in [1.54, 1.807) is 11.3 Å². The molecule has 0 spiro atoms. The van der Waals surface area contributed by atoms with Crippen molar-refractivity contribution in [2.45, 2.75) is 40.3 Å². The zero-order valence-corrected chi connectivity index (χ0v) is 11.8. The maximum absolute atomic E-state index is 4.45. The number of nitrogens with zero attached hydrogens (tertiary/aromatic N) is 2. The molecule has 0 aliphatic carbocycles. The second kappa shape index (κ2) is 6.21. The number of nitrogens with one attached hydrogen (secondary N) is 1. The number of anilines is 1. The molecule has 0 atom stereocenters. The fourth-order valence-corrected chi connectivity index (χ4v) is 2.32. The Balaban J connectivity index is 2.50. The Labute approximate surface area is 103 Å². The molecule has 16 heavy (non-hydrogen) atoms. The third kappa shape index (κ3) is 4.49. The van der Waals surface area contributed by atoms with E-state index in [1.807, 2.05) is 6.20 Å². The van der Waals surface area contributed by atoms with Crippen LogP contribution in [-0.4, -0.2) is 24.6 Å². The molecule has 1 rings (SSSR count). The lowest BCUT2D eigenvalue weighted by molar-refractivity contribution is 0.593. The summed E-state index contributed by atoms with van der Waals surface area (Å²) in [6, 6.07) is 0.527. The van der Waals surface area contributed by atoms with E-state index >= 15 is 0 Å². The second-order valence-corrected chi connectivity index (χ2v) is 6.01. The van der Waals surface area contributed by atoms with Crippen LogP contribution in [0.5, 0.6) is 0 Å². The van der Waals surface area contributed by atoms with Crippen LogP contribution in [0.2, 0.25) is 0 Å². The van der Waals surface area contributed by atoms with E-state index in [2.05, 4.69) is 49.9 Å². The first-order valence-corrected chi connectivity index (χ1v) is 6.70. The van der Waals surface area contributed by atoms with Crippen LogP contribution in [0.3, 0.4) is 0 Å². The normalized spacial score (nSPS) is 11.4. The molecule has 1 heterocycles. The van der Waals surface area contributed by atoms with Crippen molar-refractivity contribution in [3.63, 3.8) is 0 Å². The molecule has 4 heteroatoms. The molecule has 0 saturated heterocycles. The minimum atomic E-state index is 0.527. The number of thiazole rings is 1. The van der Waals surface area contributed by atoms with E-state index < -0.39 is 0 Å². The van der Waals surface area contributed by atoms with E-state index in [0.29, 0.717) is 12.0 Å². The topological polar surface area (TPSA) is 28.2 Å². The van der Waals surface area contributed by atoms with Gasteiger partial charge in [0.1, 0.15) is 0 Å². The summed E-state index contributed by atoms with van der Waals surface area (Å²) in [7, 11) is 2.11. The zero-order valence-electron chi connectivity index (χ0n) is 10.9. The van der Waals surface area contributed by atoms with Crippen molar-refractivity contribution in [1.29, 1.82) is 0 Å². The van der Waals surface area contributed by atoms with Gasteiger partial charge in [-0.2, -0.15) is 0 Å². The molecular weight excluding hydrogens is 218 g/mol. The third-order valence-electron chi connectivity index (χ3n) is 2.19. The van der Waals surface area contributed by atoms with Crippen molar-refractivity contribution in [2.24, 2.45) is 5.92 Å². The number of rotatable bonds is 6. The average Bonchev–Trinajstić information content (AvgIpc) is 2.61. The maximum Gasteiger partial charge on any atom is 0.185 e. The van der Waals surface area contributed by atoms with Gasteiger partial charge in [-0.05, 0) is 5.92 Å². The van der Waals surface area contributed by atoms with Gasteiger partial charge >= 0.3 is 0 Å². The molecule has 1 N–H and O–H groups in total. The highest BCUT2D eigenvalue weighted by molar-refractivity contribution is 7.15. The van der Waals surface area contributed by atoms with Crippen LogP contribution in [0, 0.1) is 5.92 Å². The summed E-state index contributed by atoms with van der Waals surface area (Å²) in [5.41, 5.74) is 0. The number of aromatic nitrogens is 1. The Bertz CT molecular complexity index is 307. The van der Waals surface area contributed by atoms with Gasteiger partial charge in [0.2, 0.25) is 0 Å². The summed E-state index contributed by atoms with van der Waals surface area (Å²) >= 11 is 1.78. The Kier molecular flexibility index (Phi) is 5.22. The van der Waals surface area contributed by atoms with Crippen LogP contribution in [0.4, 0.5) is 5.13 Å². The standard InChI is InChI=1S/C12H23N3S/c1-9(2)8-15(5)12-14-7-11(16-12)6-13-10(3)4/h7,9-10,13H,6,8H2,1-5H3. The SMILES string of the molecule is CC(C)CN(C)c1ncc(CNC(C)C)s1. The molecule has 0 aliphatic heterocycles. The van der Waals surface area contributed by atoms with Gasteiger partial charge in [0.25, 0.3) is 0 Å². The van der Waals surface area contributed by atoms with Gasteiger partial charge in [-0.15, -0.1) is 11.3 Å². The summed E-state index contributed by atoms with van der Waals surface area (Å²) in [4.78, 5) is 7.99. The van der Waals surface area contributed by atoms with Crippen molar-refractivity contribution in [2.75, 3.05) is 18.5 Å². The lowest BCUT2D eigenvalue weighted by atomic mass is 10.2. The Hall–Kier alpha value is -0.610. The molecule has 92 valence electrons. The fourth-order valence-electron chi connectivity index (χ4n) is 1.49. The van der Waals surface area contributed by atoms with Crippen LogP contribution in [0.15, 0.2) is 6.20 Å². The number of hydrogen-bond acceptors (Lipinski definition) is 4. The van der Waals surface area contributed by atoms with Gasteiger partial charge in [-0.1, -0.05) is 27.7 Å². The van der Waals surface area contributed by atoms with Crippen molar-refractivity contribution >= 4 is 16.5 Å². The molecule has 0 amide bonds. The Morgan fingerprint density at radius 1 is 1.38 bits per heavy atom. The van der Waals surface area contributed by atoms with E-state index in [0.717, 1.165) is 18.2 Å². The maximum atomic E-state index is 4.45. The largest absolute Gasteiger partial charge is 0.351 e. The van der Waals surface area contributed by atoms with Crippen LogP contribution >= 0.6 is 11.3 Å². The Morgan fingerprint density at radius 3 is 2.62 bits per heavy atom. The summed E-state index contributed by atoms with van der Waals surface area (Å²) in [6.45, 7) is 10.8. The summed E-state index contributed by atoms with van der Waals surface area (Å²) in [6.07, 6.45) is 1.98. The highest BCUT2D eigenvalue weighted by Crippen LogP contribution is 2.22. The molecule has 1 aromatic heterocycles. The molecule has 1 aromatic rings. The molecule has 0 aromatic carbocycles. The van der Waals surface area contributed by atoms with Gasteiger partial charge in [0, 0.05) is 37.3 Å². The van der Waals surface area contributed by atoms with E-state index in [4.69, 9.17) is 0 Å². The molecule has 0 saturated carbocycles. The molecule has 0 unspecified atom stereocenters. The van der Waals surface area contributed by atoms with Crippen LogP contribution in [0.25, 0.3) is 0 Å². The van der Waals surface area contributed by atoms with E-state index in [9.17, 15) is 0 Å².